The standard InChI is InChI=1S/C28H27F5N4O5/c1-35(2)11-12-36-10-4-5-22(26(36)39)37-15-19(23-20(29)13-18(41-3)14-21(23)30)24(27(37)40)34-25(38)16-6-8-17(9-7-16)42-28(31,32)33/h4-10,13-14,19,24H,11-12,15H2,1-3H3,(H,34,38)/t19-,24-/m0/s1. The summed E-state index contributed by atoms with van der Waals surface area (Å²) in [6.07, 6.45) is -3.40. The van der Waals surface area contributed by atoms with Crippen molar-refractivity contribution >= 4 is 17.5 Å². The number of hydrogen-bond acceptors (Lipinski definition) is 6. The molecule has 0 unspecified atom stereocenters. The molecule has 0 spiro atoms. The van der Waals surface area contributed by atoms with Gasteiger partial charge in [0.25, 0.3) is 11.5 Å². The van der Waals surface area contributed by atoms with E-state index in [1.54, 1.807) is 12.3 Å². The van der Waals surface area contributed by atoms with Gasteiger partial charge in [0.15, 0.2) is 0 Å². The van der Waals surface area contributed by atoms with Crippen LogP contribution in [0.25, 0.3) is 0 Å². The van der Waals surface area contributed by atoms with Gasteiger partial charge >= 0.3 is 6.36 Å². The van der Waals surface area contributed by atoms with Crippen LogP contribution < -0.4 is 25.2 Å². The molecule has 1 aromatic heterocycles. The number of rotatable bonds is 9. The smallest absolute Gasteiger partial charge is 0.497 e. The van der Waals surface area contributed by atoms with Crippen LogP contribution in [0.5, 0.6) is 11.5 Å². The summed E-state index contributed by atoms with van der Waals surface area (Å²) in [7, 11) is 4.87. The first-order chi connectivity index (χ1) is 19.8. The Morgan fingerprint density at radius 2 is 1.69 bits per heavy atom. The van der Waals surface area contributed by atoms with Crippen LogP contribution in [-0.4, -0.2) is 68.0 Å². The Hall–Kier alpha value is -4.46. The third kappa shape index (κ3) is 6.70. The summed E-state index contributed by atoms with van der Waals surface area (Å²) in [6, 6.07) is 7.18. The summed E-state index contributed by atoms with van der Waals surface area (Å²) in [5, 5.41) is 2.44. The summed E-state index contributed by atoms with van der Waals surface area (Å²) in [6.45, 7) is 0.476. The van der Waals surface area contributed by atoms with Gasteiger partial charge in [-0.25, -0.2) is 8.78 Å². The number of anilines is 1. The number of halogens is 5. The summed E-state index contributed by atoms with van der Waals surface area (Å²) in [5.74, 6) is -5.73. The Kier molecular flexibility index (Phi) is 8.85. The molecule has 1 N–H and O–H groups in total. The predicted octanol–water partition coefficient (Wildman–Crippen LogP) is 3.52. The second-order valence-corrected chi connectivity index (χ2v) is 9.78. The maximum Gasteiger partial charge on any atom is 0.573 e. The van der Waals surface area contributed by atoms with Gasteiger partial charge in [0.2, 0.25) is 5.91 Å². The number of ether oxygens (including phenoxy) is 2. The fraction of sp³-hybridized carbons (Fsp3) is 0.321. The molecule has 2 amide bonds. The molecular formula is C28H27F5N4O5. The van der Waals surface area contributed by atoms with Gasteiger partial charge in [-0.3, -0.25) is 14.4 Å². The highest BCUT2D eigenvalue weighted by atomic mass is 19.4. The summed E-state index contributed by atoms with van der Waals surface area (Å²) >= 11 is 0. The second kappa shape index (κ2) is 12.2. The molecule has 42 heavy (non-hydrogen) atoms. The number of carbonyl (C=O) groups excluding carboxylic acids is 2. The lowest BCUT2D eigenvalue weighted by Crippen LogP contribution is -2.44. The summed E-state index contributed by atoms with van der Waals surface area (Å²) in [5.41, 5.74) is -1.22. The van der Waals surface area contributed by atoms with E-state index in [-0.39, 0.29) is 23.5 Å². The number of carbonyl (C=O) groups is 2. The first-order valence-corrected chi connectivity index (χ1v) is 12.6. The molecule has 9 nitrogen and oxygen atoms in total. The fourth-order valence-electron chi connectivity index (χ4n) is 4.65. The molecule has 0 bridgehead atoms. The van der Waals surface area contributed by atoms with Crippen molar-refractivity contribution in [3.05, 3.63) is 87.8 Å². The van der Waals surface area contributed by atoms with Crippen molar-refractivity contribution in [2.24, 2.45) is 0 Å². The molecular weight excluding hydrogens is 567 g/mol. The molecule has 2 heterocycles. The number of alkyl halides is 3. The van der Waals surface area contributed by atoms with Gasteiger partial charge in [0.05, 0.1) is 7.11 Å². The summed E-state index contributed by atoms with van der Waals surface area (Å²) in [4.78, 5) is 42.9. The van der Waals surface area contributed by atoms with Crippen LogP contribution in [0.1, 0.15) is 21.8 Å². The highest BCUT2D eigenvalue weighted by Crippen LogP contribution is 2.36. The van der Waals surface area contributed by atoms with Gasteiger partial charge in [-0.2, -0.15) is 0 Å². The minimum absolute atomic E-state index is 0.0500. The first kappa shape index (κ1) is 30.5. The van der Waals surface area contributed by atoms with Gasteiger partial charge in [0.1, 0.15) is 34.9 Å². The first-order valence-electron chi connectivity index (χ1n) is 12.6. The van der Waals surface area contributed by atoms with E-state index in [0.29, 0.717) is 13.1 Å². The lowest BCUT2D eigenvalue weighted by molar-refractivity contribution is -0.274. The molecule has 2 atom stereocenters. The van der Waals surface area contributed by atoms with E-state index in [0.717, 1.165) is 41.3 Å². The Morgan fingerprint density at radius 1 is 1.05 bits per heavy atom. The lowest BCUT2D eigenvalue weighted by Gasteiger charge is -2.20. The molecule has 224 valence electrons. The van der Waals surface area contributed by atoms with E-state index in [2.05, 4.69) is 10.1 Å². The topological polar surface area (TPSA) is 93.1 Å². The molecule has 1 aliphatic rings. The van der Waals surface area contributed by atoms with Crippen LogP contribution in [-0.2, 0) is 11.3 Å². The van der Waals surface area contributed by atoms with Crippen molar-refractivity contribution < 1.29 is 41.0 Å². The molecule has 0 aliphatic carbocycles. The van der Waals surface area contributed by atoms with E-state index < -0.39 is 58.6 Å². The molecule has 4 rings (SSSR count). The number of nitrogens with zero attached hydrogens (tertiary/aromatic N) is 3. The van der Waals surface area contributed by atoms with E-state index >= 15 is 8.78 Å². The van der Waals surface area contributed by atoms with Gasteiger partial charge < -0.3 is 29.2 Å². The molecule has 1 aliphatic heterocycles. The number of benzene rings is 2. The number of nitrogens with one attached hydrogen (secondary N) is 1. The van der Waals surface area contributed by atoms with Crippen LogP contribution in [0.4, 0.5) is 27.6 Å². The molecule has 1 fully saturated rings. The van der Waals surface area contributed by atoms with Crippen molar-refractivity contribution in [3.63, 3.8) is 0 Å². The van der Waals surface area contributed by atoms with Gasteiger partial charge in [-0.05, 0) is 50.5 Å². The van der Waals surface area contributed by atoms with E-state index in [1.807, 2.05) is 19.0 Å². The monoisotopic (exact) mass is 594 g/mol. The zero-order valence-corrected chi connectivity index (χ0v) is 22.7. The number of pyridine rings is 1. The molecule has 0 radical (unpaired) electrons. The Labute approximate surface area is 237 Å². The van der Waals surface area contributed by atoms with Gasteiger partial charge in [-0.15, -0.1) is 13.2 Å². The van der Waals surface area contributed by atoms with Crippen molar-refractivity contribution in [1.82, 2.24) is 14.8 Å². The zero-order chi connectivity index (χ0) is 30.8. The van der Waals surface area contributed by atoms with E-state index in [4.69, 9.17) is 4.74 Å². The highest BCUT2D eigenvalue weighted by Gasteiger charge is 2.46. The van der Waals surface area contributed by atoms with Crippen molar-refractivity contribution in [3.8, 4) is 11.5 Å². The van der Waals surface area contributed by atoms with Crippen molar-refractivity contribution in [2.75, 3.05) is 39.2 Å². The fourth-order valence-corrected chi connectivity index (χ4v) is 4.65. The maximum absolute atomic E-state index is 15.2. The Morgan fingerprint density at radius 3 is 2.26 bits per heavy atom. The SMILES string of the molecule is COc1cc(F)c([C@@H]2CN(c3cccn(CCN(C)C)c3=O)C(=O)[C@H]2NC(=O)c2ccc(OC(F)(F)F)cc2)c(F)c1. The van der Waals surface area contributed by atoms with Crippen LogP contribution >= 0.6 is 0 Å². The summed E-state index contributed by atoms with van der Waals surface area (Å²) < 4.78 is 78.0. The number of likely N-dealkylation sites (N-methyl/N-ethyl adjacent to an activating group) is 1. The minimum Gasteiger partial charge on any atom is -0.497 e. The number of hydrogen-bond donors (Lipinski definition) is 1. The highest BCUT2D eigenvalue weighted by molar-refractivity contribution is 6.05. The van der Waals surface area contributed by atoms with Crippen molar-refractivity contribution in [1.29, 1.82) is 0 Å². The van der Waals surface area contributed by atoms with Crippen LogP contribution in [0.2, 0.25) is 0 Å². The second-order valence-electron chi connectivity index (χ2n) is 9.78. The maximum atomic E-state index is 15.2. The quantitative estimate of drug-likeness (QED) is 0.382. The minimum atomic E-state index is -4.94. The third-order valence-corrected chi connectivity index (χ3v) is 6.69. The number of aromatic nitrogens is 1. The number of amides is 2. The average Bonchev–Trinajstić information content (AvgIpc) is 3.22. The van der Waals surface area contributed by atoms with Gasteiger partial charge in [-0.1, -0.05) is 0 Å². The normalized spacial score (nSPS) is 17.1. The van der Waals surface area contributed by atoms with E-state index in [1.165, 1.54) is 17.7 Å². The largest absolute Gasteiger partial charge is 0.573 e. The molecule has 3 aromatic rings. The van der Waals surface area contributed by atoms with Crippen molar-refractivity contribution in [2.45, 2.75) is 24.9 Å². The zero-order valence-electron chi connectivity index (χ0n) is 22.7. The van der Waals surface area contributed by atoms with Crippen LogP contribution in [0.3, 0.4) is 0 Å². The lowest BCUT2D eigenvalue weighted by atomic mass is 9.92. The van der Waals surface area contributed by atoms with Crippen LogP contribution in [0, 0.1) is 11.6 Å². The molecule has 1 saturated heterocycles. The Balaban J connectivity index is 1.70. The molecule has 0 saturated carbocycles. The van der Waals surface area contributed by atoms with Gasteiger partial charge in [0, 0.05) is 55.0 Å². The third-order valence-electron chi connectivity index (χ3n) is 6.69. The number of methoxy groups -OCH3 is 1. The van der Waals surface area contributed by atoms with E-state index in [9.17, 15) is 27.6 Å². The Bertz CT molecular complexity index is 1500. The van der Waals surface area contributed by atoms with Crippen LogP contribution in [0.15, 0.2) is 59.5 Å². The predicted molar refractivity (Wildman–Crippen MR) is 142 cm³/mol. The molecule has 2 aromatic carbocycles. The molecule has 14 heteroatoms. The average molecular weight is 595 g/mol.